The van der Waals surface area contributed by atoms with Gasteiger partial charge in [-0.2, -0.15) is 13.2 Å². The lowest BCUT2D eigenvalue weighted by Gasteiger charge is -2.12. The first-order valence-electron chi connectivity index (χ1n) is 4.24. The number of halogens is 3. The quantitative estimate of drug-likeness (QED) is 0.605. The standard InChI is InChI=1S/C7H10F3N3O2/c8-7(9,10)3-12-6(15)13-4-1-5(14)11-2-4/h4H,1-3H2,(H,11,14)(H2,12,13,15). The average Bonchev–Trinajstić information content (AvgIpc) is 2.47. The minimum Gasteiger partial charge on any atom is -0.354 e. The molecule has 0 aromatic heterocycles. The second-order valence-electron chi connectivity index (χ2n) is 3.15. The van der Waals surface area contributed by atoms with Gasteiger partial charge in [0.2, 0.25) is 5.91 Å². The highest BCUT2D eigenvalue weighted by molar-refractivity contribution is 5.81. The van der Waals surface area contributed by atoms with Crippen LogP contribution in [0.2, 0.25) is 0 Å². The normalized spacial score (nSPS) is 21.0. The van der Waals surface area contributed by atoms with Crippen molar-refractivity contribution in [2.45, 2.75) is 18.6 Å². The molecule has 0 bridgehead atoms. The van der Waals surface area contributed by atoms with Crippen LogP contribution < -0.4 is 16.0 Å². The van der Waals surface area contributed by atoms with E-state index in [1.165, 1.54) is 0 Å². The Morgan fingerprint density at radius 1 is 1.53 bits per heavy atom. The molecule has 0 aromatic rings. The van der Waals surface area contributed by atoms with Crippen molar-refractivity contribution in [3.05, 3.63) is 0 Å². The zero-order valence-corrected chi connectivity index (χ0v) is 7.65. The Labute approximate surface area is 83.4 Å². The maximum atomic E-state index is 11.7. The molecule has 0 saturated carbocycles. The molecule has 0 radical (unpaired) electrons. The molecule has 8 heteroatoms. The van der Waals surface area contributed by atoms with Crippen molar-refractivity contribution in [1.82, 2.24) is 16.0 Å². The summed E-state index contributed by atoms with van der Waals surface area (Å²) in [6.45, 7) is -1.13. The van der Waals surface area contributed by atoms with Gasteiger partial charge < -0.3 is 16.0 Å². The summed E-state index contributed by atoms with van der Waals surface area (Å²) in [6.07, 6.45) is -4.33. The summed E-state index contributed by atoms with van der Waals surface area (Å²) in [6, 6.07) is -1.36. The molecular formula is C7H10F3N3O2. The molecule has 86 valence electrons. The molecule has 5 nitrogen and oxygen atoms in total. The monoisotopic (exact) mass is 225 g/mol. The third kappa shape index (κ3) is 4.52. The highest BCUT2D eigenvalue weighted by Crippen LogP contribution is 2.12. The van der Waals surface area contributed by atoms with Crippen molar-refractivity contribution < 1.29 is 22.8 Å². The van der Waals surface area contributed by atoms with Crippen LogP contribution in [0.15, 0.2) is 0 Å². The van der Waals surface area contributed by atoms with Gasteiger partial charge >= 0.3 is 12.2 Å². The summed E-state index contributed by atoms with van der Waals surface area (Å²) in [5.74, 6) is -0.226. The van der Waals surface area contributed by atoms with Crippen molar-refractivity contribution in [3.8, 4) is 0 Å². The fourth-order valence-corrected chi connectivity index (χ4v) is 1.12. The predicted octanol–water partition coefficient (Wildman–Crippen LogP) is -0.264. The van der Waals surface area contributed by atoms with E-state index in [2.05, 4.69) is 10.6 Å². The smallest absolute Gasteiger partial charge is 0.354 e. The van der Waals surface area contributed by atoms with Gasteiger partial charge in [-0.15, -0.1) is 0 Å². The van der Waals surface area contributed by atoms with Gasteiger partial charge in [-0.05, 0) is 0 Å². The van der Waals surface area contributed by atoms with Gasteiger partial charge in [-0.3, -0.25) is 4.79 Å². The lowest BCUT2D eigenvalue weighted by atomic mass is 10.3. The molecule has 0 aromatic carbocycles. The minimum absolute atomic E-state index is 0.0967. The topological polar surface area (TPSA) is 70.2 Å². The van der Waals surface area contributed by atoms with Crippen LogP contribution in [0.3, 0.4) is 0 Å². The second kappa shape index (κ2) is 4.37. The zero-order valence-electron chi connectivity index (χ0n) is 7.65. The van der Waals surface area contributed by atoms with E-state index in [1.807, 2.05) is 0 Å². The first-order valence-corrected chi connectivity index (χ1v) is 4.24. The predicted molar refractivity (Wildman–Crippen MR) is 44.0 cm³/mol. The largest absolute Gasteiger partial charge is 0.405 e. The minimum atomic E-state index is -4.43. The molecular weight excluding hydrogens is 215 g/mol. The van der Waals surface area contributed by atoms with Crippen LogP contribution in [0.25, 0.3) is 0 Å². The lowest BCUT2D eigenvalue weighted by molar-refractivity contribution is -0.123. The molecule has 1 saturated heterocycles. The zero-order chi connectivity index (χ0) is 11.5. The summed E-state index contributed by atoms with van der Waals surface area (Å²) < 4.78 is 35.0. The van der Waals surface area contributed by atoms with Crippen LogP contribution in [0.4, 0.5) is 18.0 Å². The van der Waals surface area contributed by atoms with Crippen LogP contribution in [0.1, 0.15) is 6.42 Å². The number of hydrogen-bond acceptors (Lipinski definition) is 2. The van der Waals surface area contributed by atoms with Crippen LogP contribution in [0, 0.1) is 0 Å². The van der Waals surface area contributed by atoms with E-state index in [0.717, 1.165) is 0 Å². The molecule has 1 unspecified atom stereocenters. The summed E-state index contributed by atoms with van der Waals surface area (Å²) >= 11 is 0. The second-order valence-corrected chi connectivity index (χ2v) is 3.15. The number of amides is 3. The molecule has 1 heterocycles. The number of rotatable bonds is 2. The molecule has 0 aliphatic carbocycles. The Bertz CT molecular complexity index is 267. The highest BCUT2D eigenvalue weighted by Gasteiger charge is 2.29. The summed E-state index contributed by atoms with van der Waals surface area (Å²) in [5.41, 5.74) is 0. The van der Waals surface area contributed by atoms with Gasteiger partial charge in [0.15, 0.2) is 0 Å². The van der Waals surface area contributed by atoms with Gasteiger partial charge in [-0.25, -0.2) is 4.79 Å². The summed E-state index contributed by atoms with van der Waals surface area (Å²) in [5, 5.41) is 6.34. The lowest BCUT2D eigenvalue weighted by Crippen LogP contribution is -2.45. The van der Waals surface area contributed by atoms with Crippen LogP contribution in [-0.4, -0.2) is 37.2 Å². The van der Waals surface area contributed by atoms with E-state index in [4.69, 9.17) is 0 Å². The molecule has 15 heavy (non-hydrogen) atoms. The Kier molecular flexibility index (Phi) is 3.38. The number of alkyl halides is 3. The van der Waals surface area contributed by atoms with E-state index in [-0.39, 0.29) is 18.9 Å². The third-order valence-corrected chi connectivity index (χ3v) is 1.76. The van der Waals surface area contributed by atoms with Crippen molar-refractivity contribution >= 4 is 11.9 Å². The van der Waals surface area contributed by atoms with Gasteiger partial charge in [0.1, 0.15) is 6.54 Å². The maximum Gasteiger partial charge on any atom is 0.405 e. The van der Waals surface area contributed by atoms with Crippen molar-refractivity contribution in [2.75, 3.05) is 13.1 Å². The number of carbonyl (C=O) groups excluding carboxylic acids is 2. The summed E-state index contributed by atoms with van der Waals surface area (Å²) in [7, 11) is 0. The van der Waals surface area contributed by atoms with E-state index in [0.29, 0.717) is 0 Å². The Morgan fingerprint density at radius 3 is 2.67 bits per heavy atom. The van der Waals surface area contributed by atoms with Gasteiger partial charge in [0, 0.05) is 13.0 Å². The van der Waals surface area contributed by atoms with Gasteiger partial charge in [0.05, 0.1) is 6.04 Å². The van der Waals surface area contributed by atoms with Gasteiger partial charge in [-0.1, -0.05) is 0 Å². The first-order chi connectivity index (χ1) is 6.87. The van der Waals surface area contributed by atoms with Crippen LogP contribution >= 0.6 is 0 Å². The summed E-state index contributed by atoms with van der Waals surface area (Å²) in [4.78, 5) is 21.6. The molecule has 1 aliphatic rings. The number of carbonyl (C=O) groups is 2. The Balaban J connectivity index is 2.22. The Hall–Kier alpha value is -1.47. The molecule has 3 amide bonds. The molecule has 3 N–H and O–H groups in total. The maximum absolute atomic E-state index is 11.7. The van der Waals surface area contributed by atoms with E-state index in [1.54, 1.807) is 5.32 Å². The van der Waals surface area contributed by atoms with E-state index >= 15 is 0 Å². The molecule has 0 spiro atoms. The van der Waals surface area contributed by atoms with Crippen molar-refractivity contribution in [1.29, 1.82) is 0 Å². The van der Waals surface area contributed by atoms with E-state index < -0.39 is 24.8 Å². The van der Waals surface area contributed by atoms with E-state index in [9.17, 15) is 22.8 Å². The SMILES string of the molecule is O=C1CC(NC(=O)NCC(F)(F)F)CN1. The molecule has 1 atom stereocenters. The number of urea groups is 1. The number of nitrogens with one attached hydrogen (secondary N) is 3. The third-order valence-electron chi connectivity index (χ3n) is 1.76. The first kappa shape index (κ1) is 11.6. The van der Waals surface area contributed by atoms with Crippen LogP contribution in [-0.2, 0) is 4.79 Å². The average molecular weight is 225 g/mol. The van der Waals surface area contributed by atoms with Crippen molar-refractivity contribution in [3.63, 3.8) is 0 Å². The molecule has 1 fully saturated rings. The molecule has 1 rings (SSSR count). The number of hydrogen-bond donors (Lipinski definition) is 3. The highest BCUT2D eigenvalue weighted by atomic mass is 19.4. The Morgan fingerprint density at radius 2 is 2.20 bits per heavy atom. The van der Waals surface area contributed by atoms with Crippen molar-refractivity contribution in [2.24, 2.45) is 0 Å². The molecule has 1 aliphatic heterocycles. The fourth-order valence-electron chi connectivity index (χ4n) is 1.12. The fraction of sp³-hybridized carbons (Fsp3) is 0.714. The van der Waals surface area contributed by atoms with Gasteiger partial charge in [0.25, 0.3) is 0 Å². The van der Waals surface area contributed by atoms with Crippen LogP contribution in [0.5, 0.6) is 0 Å².